The molecule has 0 saturated heterocycles. The first kappa shape index (κ1) is 22.2. The number of rotatable bonds is 12. The van der Waals surface area contributed by atoms with Crippen molar-refractivity contribution >= 4 is 5.96 Å². The van der Waals surface area contributed by atoms with Crippen LogP contribution < -0.4 is 16.2 Å². The Kier molecular flexibility index (Phi) is 10.7. The van der Waals surface area contributed by atoms with Crippen molar-refractivity contribution in [1.82, 2.24) is 15.2 Å². The smallest absolute Gasteiger partial charge is 0.250 e. The second-order valence-corrected chi connectivity index (χ2v) is 6.79. The predicted molar refractivity (Wildman–Crippen MR) is 109 cm³/mol. The number of nitrogens with one attached hydrogen (secondary N) is 2. The molecule has 1 aromatic heterocycles. The second kappa shape index (κ2) is 12.5. The van der Waals surface area contributed by atoms with Gasteiger partial charge in [-0.3, -0.25) is 9.79 Å². The van der Waals surface area contributed by atoms with Gasteiger partial charge in [0.25, 0.3) is 0 Å². The fourth-order valence-corrected chi connectivity index (χ4v) is 3.04. The van der Waals surface area contributed by atoms with E-state index in [4.69, 9.17) is 0 Å². The average Bonchev–Trinajstić information content (AvgIpc) is 2.61. The van der Waals surface area contributed by atoms with Crippen LogP contribution in [0.4, 0.5) is 0 Å². The van der Waals surface area contributed by atoms with Crippen molar-refractivity contribution in [1.29, 1.82) is 0 Å². The maximum absolute atomic E-state index is 11.7. The Labute approximate surface area is 157 Å². The Balaban J connectivity index is 2.44. The first-order valence-electron chi connectivity index (χ1n) is 9.94. The van der Waals surface area contributed by atoms with Crippen molar-refractivity contribution in [2.75, 3.05) is 19.6 Å². The van der Waals surface area contributed by atoms with E-state index in [2.05, 4.69) is 29.5 Å². The van der Waals surface area contributed by atoms with Gasteiger partial charge < -0.3 is 20.3 Å². The van der Waals surface area contributed by atoms with Crippen LogP contribution in [0.15, 0.2) is 34.2 Å². The van der Waals surface area contributed by atoms with E-state index in [1.165, 1.54) is 0 Å². The summed E-state index contributed by atoms with van der Waals surface area (Å²) in [5.74, 6) is 0.745. The molecule has 0 amide bonds. The normalized spacial score (nSPS) is 12.2. The molecule has 3 N–H and O–H groups in total. The zero-order chi connectivity index (χ0) is 19.3. The van der Waals surface area contributed by atoms with Gasteiger partial charge in [0, 0.05) is 31.9 Å². The number of guanidine groups is 1. The summed E-state index contributed by atoms with van der Waals surface area (Å²) in [5, 5.41) is 17.2. The standard InChI is InChI=1S/C20H36N4O2/c1-4-12-20(26,13-5-2)17-23-19(21-6-3)22-14-8-10-16-24-15-9-7-11-18(24)25/h7,9,11,15,26H,4-6,8,10,12-14,16-17H2,1-3H3,(H2,21,22,23). The predicted octanol–water partition coefficient (Wildman–Crippen LogP) is 2.51. The molecule has 0 spiro atoms. The monoisotopic (exact) mass is 364 g/mol. The van der Waals surface area contributed by atoms with Gasteiger partial charge in [0.15, 0.2) is 5.96 Å². The third-order valence-corrected chi connectivity index (χ3v) is 4.32. The highest BCUT2D eigenvalue weighted by Crippen LogP contribution is 2.19. The molecule has 26 heavy (non-hydrogen) atoms. The largest absolute Gasteiger partial charge is 0.388 e. The van der Waals surface area contributed by atoms with Gasteiger partial charge in [0.2, 0.25) is 5.56 Å². The summed E-state index contributed by atoms with van der Waals surface area (Å²) < 4.78 is 1.73. The van der Waals surface area contributed by atoms with Crippen LogP contribution in [-0.2, 0) is 6.54 Å². The topological polar surface area (TPSA) is 78.7 Å². The third kappa shape index (κ3) is 8.52. The van der Waals surface area contributed by atoms with Crippen LogP contribution in [-0.4, -0.2) is 40.9 Å². The van der Waals surface area contributed by atoms with Crippen molar-refractivity contribution in [2.45, 2.75) is 71.4 Å². The van der Waals surface area contributed by atoms with Gasteiger partial charge >= 0.3 is 0 Å². The minimum atomic E-state index is -0.708. The van der Waals surface area contributed by atoms with E-state index >= 15 is 0 Å². The number of hydrogen-bond donors (Lipinski definition) is 3. The van der Waals surface area contributed by atoms with Crippen LogP contribution >= 0.6 is 0 Å². The lowest BCUT2D eigenvalue weighted by Gasteiger charge is -2.26. The lowest BCUT2D eigenvalue weighted by atomic mass is 9.93. The number of aliphatic hydroxyl groups is 1. The molecule has 0 saturated carbocycles. The van der Waals surface area contributed by atoms with Gasteiger partial charge in [-0.05, 0) is 38.7 Å². The number of aliphatic imine (C=N–C) groups is 1. The Bertz CT molecular complexity index is 577. The first-order chi connectivity index (χ1) is 12.5. The molecular weight excluding hydrogens is 328 g/mol. The summed E-state index contributed by atoms with van der Waals surface area (Å²) in [5.41, 5.74) is -0.665. The minimum Gasteiger partial charge on any atom is -0.388 e. The molecule has 6 heteroatoms. The molecule has 0 unspecified atom stereocenters. The molecule has 1 aromatic rings. The third-order valence-electron chi connectivity index (χ3n) is 4.32. The molecule has 1 heterocycles. The van der Waals surface area contributed by atoms with E-state index in [-0.39, 0.29) is 5.56 Å². The Morgan fingerprint density at radius 2 is 1.88 bits per heavy atom. The number of aryl methyl sites for hydroxylation is 1. The molecule has 0 aliphatic heterocycles. The summed E-state index contributed by atoms with van der Waals surface area (Å²) in [7, 11) is 0. The summed E-state index contributed by atoms with van der Waals surface area (Å²) >= 11 is 0. The molecular formula is C20H36N4O2. The van der Waals surface area contributed by atoms with E-state index in [1.54, 1.807) is 16.7 Å². The molecule has 0 bridgehead atoms. The number of nitrogens with zero attached hydrogens (tertiary/aromatic N) is 2. The fraction of sp³-hybridized carbons (Fsp3) is 0.700. The van der Waals surface area contributed by atoms with Crippen molar-refractivity contribution in [3.05, 3.63) is 34.7 Å². The quantitative estimate of drug-likeness (QED) is 0.302. The molecule has 6 nitrogen and oxygen atoms in total. The Morgan fingerprint density at radius 1 is 1.15 bits per heavy atom. The highest BCUT2D eigenvalue weighted by Gasteiger charge is 2.24. The second-order valence-electron chi connectivity index (χ2n) is 6.79. The average molecular weight is 365 g/mol. The van der Waals surface area contributed by atoms with Crippen molar-refractivity contribution in [2.24, 2.45) is 4.99 Å². The van der Waals surface area contributed by atoms with E-state index < -0.39 is 5.60 Å². The summed E-state index contributed by atoms with van der Waals surface area (Å²) in [4.78, 5) is 16.2. The molecule has 148 valence electrons. The molecule has 0 fully saturated rings. The van der Waals surface area contributed by atoms with Gasteiger partial charge in [0.1, 0.15) is 0 Å². The maximum atomic E-state index is 11.7. The zero-order valence-electron chi connectivity index (χ0n) is 16.6. The Hall–Kier alpha value is -1.82. The maximum Gasteiger partial charge on any atom is 0.250 e. The zero-order valence-corrected chi connectivity index (χ0v) is 16.6. The number of pyridine rings is 1. The van der Waals surface area contributed by atoms with Crippen LogP contribution in [0, 0.1) is 0 Å². The molecule has 0 atom stereocenters. The van der Waals surface area contributed by atoms with Gasteiger partial charge in [-0.15, -0.1) is 0 Å². The number of aromatic nitrogens is 1. The van der Waals surface area contributed by atoms with Crippen LogP contribution in [0.25, 0.3) is 0 Å². The van der Waals surface area contributed by atoms with E-state index in [0.717, 1.165) is 64.1 Å². The number of unbranched alkanes of at least 4 members (excludes halogenated alkanes) is 1. The molecule has 1 rings (SSSR count). The SMILES string of the molecule is CCCC(O)(CCC)CN=C(NCC)NCCCCn1ccccc1=O. The highest BCUT2D eigenvalue weighted by molar-refractivity contribution is 5.79. The lowest BCUT2D eigenvalue weighted by molar-refractivity contribution is 0.0306. The summed E-state index contributed by atoms with van der Waals surface area (Å²) in [6.07, 6.45) is 7.14. The highest BCUT2D eigenvalue weighted by atomic mass is 16.3. The molecule has 0 aliphatic rings. The van der Waals surface area contributed by atoms with Crippen LogP contribution in [0.5, 0.6) is 0 Å². The molecule has 0 radical (unpaired) electrons. The van der Waals surface area contributed by atoms with Gasteiger partial charge in [-0.25, -0.2) is 0 Å². The van der Waals surface area contributed by atoms with Gasteiger partial charge in [-0.1, -0.05) is 32.8 Å². The van der Waals surface area contributed by atoms with E-state index in [0.29, 0.717) is 6.54 Å². The fourth-order valence-electron chi connectivity index (χ4n) is 3.04. The number of hydrogen-bond acceptors (Lipinski definition) is 3. The molecule has 0 aromatic carbocycles. The van der Waals surface area contributed by atoms with Crippen LogP contribution in [0.1, 0.15) is 59.3 Å². The van der Waals surface area contributed by atoms with Gasteiger partial charge in [0.05, 0.1) is 12.1 Å². The molecule has 0 aliphatic carbocycles. The van der Waals surface area contributed by atoms with Crippen LogP contribution in [0.3, 0.4) is 0 Å². The van der Waals surface area contributed by atoms with Crippen molar-refractivity contribution in [3.8, 4) is 0 Å². The minimum absolute atomic E-state index is 0.0431. The lowest BCUT2D eigenvalue weighted by Crippen LogP contribution is -2.40. The summed E-state index contributed by atoms with van der Waals surface area (Å²) in [6, 6.07) is 5.23. The van der Waals surface area contributed by atoms with Crippen molar-refractivity contribution < 1.29 is 5.11 Å². The van der Waals surface area contributed by atoms with E-state index in [1.807, 2.05) is 19.2 Å². The van der Waals surface area contributed by atoms with Crippen molar-refractivity contribution in [3.63, 3.8) is 0 Å². The van der Waals surface area contributed by atoms with Crippen LogP contribution in [0.2, 0.25) is 0 Å². The Morgan fingerprint density at radius 3 is 2.50 bits per heavy atom. The van der Waals surface area contributed by atoms with E-state index in [9.17, 15) is 9.90 Å². The first-order valence-corrected chi connectivity index (χ1v) is 9.94. The van der Waals surface area contributed by atoms with Gasteiger partial charge in [-0.2, -0.15) is 0 Å². The summed E-state index contributed by atoms with van der Waals surface area (Å²) in [6.45, 7) is 8.92.